The van der Waals surface area contributed by atoms with Crippen molar-refractivity contribution in [2.75, 3.05) is 36.4 Å². The molecule has 0 radical (unpaired) electrons. The summed E-state index contributed by atoms with van der Waals surface area (Å²) in [7, 11) is 0. The number of hydrogen-bond acceptors (Lipinski definition) is 7. The molecular formula is C27H26N6O3S. The van der Waals surface area contributed by atoms with Crippen LogP contribution in [0.15, 0.2) is 77.9 Å². The molecule has 2 aromatic heterocycles. The SMILES string of the molecule is CCn1cc(C(=O)Oc2ccccc2)c(=O)c2cnc(N3CCN(C(=S)Nc4ccccc4)CC3)nc21. The quantitative estimate of drug-likeness (QED) is 0.244. The Kier molecular flexibility index (Phi) is 7.09. The Morgan fingerprint density at radius 3 is 2.38 bits per heavy atom. The minimum atomic E-state index is -0.708. The Morgan fingerprint density at radius 2 is 1.70 bits per heavy atom. The first-order chi connectivity index (χ1) is 18.0. The van der Waals surface area contributed by atoms with E-state index in [4.69, 9.17) is 21.9 Å². The van der Waals surface area contributed by atoms with Crippen molar-refractivity contribution in [1.29, 1.82) is 0 Å². The first-order valence-electron chi connectivity index (χ1n) is 12.1. The Labute approximate surface area is 219 Å². The van der Waals surface area contributed by atoms with Crippen molar-refractivity contribution < 1.29 is 9.53 Å². The lowest BCUT2D eigenvalue weighted by Crippen LogP contribution is -2.50. The Morgan fingerprint density at radius 1 is 1.03 bits per heavy atom. The molecule has 0 saturated carbocycles. The maximum Gasteiger partial charge on any atom is 0.349 e. The van der Waals surface area contributed by atoms with Crippen molar-refractivity contribution >= 4 is 46.0 Å². The van der Waals surface area contributed by atoms with Gasteiger partial charge in [-0.1, -0.05) is 36.4 Å². The van der Waals surface area contributed by atoms with Gasteiger partial charge in [0.05, 0.1) is 5.39 Å². The molecule has 0 amide bonds. The third-order valence-electron chi connectivity index (χ3n) is 6.19. The third kappa shape index (κ3) is 5.29. The van der Waals surface area contributed by atoms with Crippen LogP contribution >= 0.6 is 12.2 Å². The van der Waals surface area contributed by atoms with Crippen LogP contribution in [0, 0.1) is 0 Å². The third-order valence-corrected chi connectivity index (χ3v) is 6.55. The molecule has 2 aromatic carbocycles. The number of nitrogens with one attached hydrogen (secondary N) is 1. The number of fused-ring (bicyclic) bond motifs is 1. The number of esters is 1. The van der Waals surface area contributed by atoms with Crippen molar-refractivity contribution in [3.8, 4) is 5.75 Å². The van der Waals surface area contributed by atoms with Gasteiger partial charge in [0.1, 0.15) is 17.0 Å². The summed E-state index contributed by atoms with van der Waals surface area (Å²) in [4.78, 5) is 39.3. The van der Waals surface area contributed by atoms with Gasteiger partial charge in [-0.25, -0.2) is 9.78 Å². The topological polar surface area (TPSA) is 92.6 Å². The molecule has 0 aliphatic carbocycles. The number of aromatic nitrogens is 3. The van der Waals surface area contributed by atoms with Gasteiger partial charge in [0.15, 0.2) is 5.11 Å². The molecule has 10 heteroatoms. The molecule has 3 heterocycles. The van der Waals surface area contributed by atoms with Gasteiger partial charge in [-0.05, 0) is 43.4 Å². The summed E-state index contributed by atoms with van der Waals surface area (Å²) in [6.45, 7) is 5.24. The number of hydrogen-bond donors (Lipinski definition) is 1. The van der Waals surface area contributed by atoms with Gasteiger partial charge < -0.3 is 24.4 Å². The lowest BCUT2D eigenvalue weighted by Gasteiger charge is -2.36. The Balaban J connectivity index is 1.33. The number of benzene rings is 2. The average molecular weight is 515 g/mol. The molecule has 37 heavy (non-hydrogen) atoms. The van der Waals surface area contributed by atoms with E-state index in [-0.39, 0.29) is 10.9 Å². The molecule has 1 aliphatic heterocycles. The zero-order chi connectivity index (χ0) is 25.8. The molecule has 5 rings (SSSR count). The van der Waals surface area contributed by atoms with E-state index < -0.39 is 11.4 Å². The number of rotatable bonds is 5. The number of para-hydroxylation sites is 2. The van der Waals surface area contributed by atoms with Gasteiger partial charge in [0.2, 0.25) is 11.4 Å². The summed E-state index contributed by atoms with van der Waals surface area (Å²) in [5, 5.41) is 4.23. The zero-order valence-corrected chi connectivity index (χ0v) is 21.1. The van der Waals surface area contributed by atoms with Crippen molar-refractivity contribution in [2.24, 2.45) is 0 Å². The maximum absolute atomic E-state index is 13.1. The standard InChI is InChI=1S/C27H26N6O3S/c1-2-31-18-22(25(35)36-20-11-7-4-8-12-20)23(34)21-17-28-26(30-24(21)31)32-13-15-33(16-14-32)27(37)29-19-9-5-3-6-10-19/h3-12,17-18H,2,13-16H2,1H3,(H,29,37). The monoisotopic (exact) mass is 514 g/mol. The number of aryl methyl sites for hydroxylation is 1. The van der Waals surface area contributed by atoms with E-state index in [2.05, 4.69) is 20.1 Å². The number of pyridine rings is 1. The Bertz CT molecular complexity index is 1490. The van der Waals surface area contributed by atoms with Crippen LogP contribution in [0.3, 0.4) is 0 Å². The van der Waals surface area contributed by atoms with Gasteiger partial charge in [0.25, 0.3) is 0 Å². The fourth-order valence-corrected chi connectivity index (χ4v) is 4.49. The minimum absolute atomic E-state index is 0.0532. The molecule has 1 fully saturated rings. The first-order valence-corrected chi connectivity index (χ1v) is 12.5. The summed E-state index contributed by atoms with van der Waals surface area (Å²) >= 11 is 5.59. The van der Waals surface area contributed by atoms with E-state index in [0.717, 1.165) is 5.69 Å². The summed E-state index contributed by atoms with van der Waals surface area (Å²) in [6.07, 6.45) is 3.01. The normalized spacial score (nSPS) is 13.4. The summed E-state index contributed by atoms with van der Waals surface area (Å²) in [5.41, 5.74) is 0.937. The maximum atomic E-state index is 13.1. The number of carbonyl (C=O) groups excluding carboxylic acids is 1. The number of ether oxygens (including phenoxy) is 1. The predicted octanol–water partition coefficient (Wildman–Crippen LogP) is 3.55. The lowest BCUT2D eigenvalue weighted by molar-refractivity contribution is 0.0733. The number of piperazine rings is 1. The van der Waals surface area contributed by atoms with Crippen LogP contribution in [0.1, 0.15) is 17.3 Å². The molecule has 4 aromatic rings. The van der Waals surface area contributed by atoms with Crippen molar-refractivity contribution in [3.05, 3.63) is 88.8 Å². The van der Waals surface area contributed by atoms with Crippen LogP contribution < -0.4 is 20.4 Å². The molecule has 1 saturated heterocycles. The van der Waals surface area contributed by atoms with Gasteiger partial charge >= 0.3 is 5.97 Å². The second kappa shape index (κ2) is 10.8. The average Bonchev–Trinajstić information content (AvgIpc) is 2.94. The largest absolute Gasteiger partial charge is 0.423 e. The van der Waals surface area contributed by atoms with Gasteiger partial charge in [-0.15, -0.1) is 0 Å². The van der Waals surface area contributed by atoms with E-state index in [1.807, 2.05) is 43.3 Å². The first kappa shape index (κ1) is 24.4. The van der Waals surface area contributed by atoms with Gasteiger partial charge in [-0.3, -0.25) is 4.79 Å². The molecule has 1 N–H and O–H groups in total. The molecular weight excluding hydrogens is 488 g/mol. The van der Waals surface area contributed by atoms with Gasteiger partial charge in [0, 0.05) is 50.8 Å². The number of nitrogens with zero attached hydrogens (tertiary/aromatic N) is 5. The van der Waals surface area contributed by atoms with Crippen LogP contribution in [0.25, 0.3) is 11.0 Å². The van der Waals surface area contributed by atoms with Crippen LogP contribution in [-0.2, 0) is 6.54 Å². The Hall–Kier alpha value is -4.31. The second-order valence-electron chi connectivity index (χ2n) is 8.54. The zero-order valence-electron chi connectivity index (χ0n) is 20.3. The number of anilines is 2. The highest BCUT2D eigenvalue weighted by Crippen LogP contribution is 2.18. The van der Waals surface area contributed by atoms with Crippen LogP contribution in [0.5, 0.6) is 5.75 Å². The van der Waals surface area contributed by atoms with Crippen LogP contribution in [-0.4, -0.2) is 56.7 Å². The highest BCUT2D eigenvalue weighted by molar-refractivity contribution is 7.80. The predicted molar refractivity (Wildman–Crippen MR) is 147 cm³/mol. The van der Waals surface area contributed by atoms with E-state index in [1.54, 1.807) is 28.8 Å². The van der Waals surface area contributed by atoms with Crippen LogP contribution in [0.4, 0.5) is 11.6 Å². The number of carbonyl (C=O) groups is 1. The highest BCUT2D eigenvalue weighted by atomic mass is 32.1. The van der Waals surface area contributed by atoms with E-state index in [0.29, 0.717) is 55.2 Å². The second-order valence-corrected chi connectivity index (χ2v) is 8.92. The van der Waals surface area contributed by atoms with E-state index in [1.165, 1.54) is 12.4 Å². The summed E-state index contributed by atoms with van der Waals surface area (Å²) in [5.74, 6) is 0.204. The number of thiocarbonyl (C=S) groups is 1. The lowest BCUT2D eigenvalue weighted by atomic mass is 10.2. The smallest absolute Gasteiger partial charge is 0.349 e. The molecule has 188 valence electrons. The molecule has 0 bridgehead atoms. The highest BCUT2D eigenvalue weighted by Gasteiger charge is 2.23. The van der Waals surface area contributed by atoms with E-state index in [9.17, 15) is 9.59 Å². The molecule has 0 atom stereocenters. The minimum Gasteiger partial charge on any atom is -0.423 e. The molecule has 1 aliphatic rings. The van der Waals surface area contributed by atoms with Crippen molar-refractivity contribution in [1.82, 2.24) is 19.4 Å². The summed E-state index contributed by atoms with van der Waals surface area (Å²) < 4.78 is 7.17. The summed E-state index contributed by atoms with van der Waals surface area (Å²) in [6, 6.07) is 18.5. The fraction of sp³-hybridized carbons (Fsp3) is 0.222. The van der Waals surface area contributed by atoms with E-state index >= 15 is 0 Å². The van der Waals surface area contributed by atoms with Crippen molar-refractivity contribution in [3.63, 3.8) is 0 Å². The molecule has 0 spiro atoms. The van der Waals surface area contributed by atoms with Gasteiger partial charge in [-0.2, -0.15) is 4.98 Å². The fourth-order valence-electron chi connectivity index (χ4n) is 4.19. The molecule has 9 nitrogen and oxygen atoms in total. The van der Waals surface area contributed by atoms with Crippen molar-refractivity contribution in [2.45, 2.75) is 13.5 Å². The molecule has 0 unspecified atom stereocenters. The van der Waals surface area contributed by atoms with Crippen LogP contribution in [0.2, 0.25) is 0 Å².